The van der Waals surface area contributed by atoms with Crippen molar-refractivity contribution in [1.82, 2.24) is 9.78 Å². The number of nitrogens with zero attached hydrogens (tertiary/aromatic N) is 2. The van der Waals surface area contributed by atoms with Gasteiger partial charge in [0.2, 0.25) is 0 Å². The highest BCUT2D eigenvalue weighted by molar-refractivity contribution is 6.32. The summed E-state index contributed by atoms with van der Waals surface area (Å²) in [6.45, 7) is 7.43. The van der Waals surface area contributed by atoms with E-state index in [1.165, 1.54) is 4.68 Å². The lowest BCUT2D eigenvalue weighted by Gasteiger charge is -2.21. The first-order valence-electron chi connectivity index (χ1n) is 6.62. The van der Waals surface area contributed by atoms with Crippen LogP contribution in [0, 0.1) is 5.92 Å². The third-order valence-corrected chi connectivity index (χ3v) is 3.85. The second-order valence-electron chi connectivity index (χ2n) is 5.27. The fraction of sp³-hybridized carbons (Fsp3) is 0.692. The highest BCUT2D eigenvalue weighted by Gasteiger charge is 2.23. The lowest BCUT2D eigenvalue weighted by atomic mass is 10.0. The van der Waals surface area contributed by atoms with Crippen LogP contribution in [0.5, 0.6) is 0 Å². The van der Waals surface area contributed by atoms with Crippen molar-refractivity contribution < 1.29 is 4.74 Å². The zero-order chi connectivity index (χ0) is 14.0. The minimum absolute atomic E-state index is 0.000273. The Kier molecular flexibility index (Phi) is 4.47. The van der Waals surface area contributed by atoms with Gasteiger partial charge < -0.3 is 10.1 Å². The topological polar surface area (TPSA) is 56.2 Å². The van der Waals surface area contributed by atoms with Crippen LogP contribution in [0.2, 0.25) is 5.02 Å². The van der Waals surface area contributed by atoms with Crippen molar-refractivity contribution in [3.63, 3.8) is 0 Å². The summed E-state index contributed by atoms with van der Waals surface area (Å²) in [6, 6.07) is 0.204. The van der Waals surface area contributed by atoms with Gasteiger partial charge in [-0.25, -0.2) is 4.68 Å². The number of rotatable bonds is 4. The van der Waals surface area contributed by atoms with Crippen molar-refractivity contribution in [2.24, 2.45) is 5.92 Å². The maximum Gasteiger partial charge on any atom is 0.287 e. The molecule has 6 heteroatoms. The fourth-order valence-corrected chi connectivity index (χ4v) is 2.41. The molecule has 1 fully saturated rings. The van der Waals surface area contributed by atoms with Gasteiger partial charge in [0.1, 0.15) is 5.02 Å². The van der Waals surface area contributed by atoms with Crippen molar-refractivity contribution in [2.45, 2.75) is 39.3 Å². The van der Waals surface area contributed by atoms with E-state index >= 15 is 0 Å². The molecule has 1 aromatic heterocycles. The molecular weight excluding hydrogens is 266 g/mol. The molecule has 0 aromatic carbocycles. The van der Waals surface area contributed by atoms with E-state index in [1.807, 2.05) is 13.8 Å². The second-order valence-corrected chi connectivity index (χ2v) is 5.65. The molecule has 0 aliphatic carbocycles. The average molecular weight is 286 g/mol. The Bertz CT molecular complexity index is 495. The third kappa shape index (κ3) is 3.09. The summed E-state index contributed by atoms with van der Waals surface area (Å²) in [7, 11) is 0. The third-order valence-electron chi connectivity index (χ3n) is 3.49. The second kappa shape index (κ2) is 5.92. The summed E-state index contributed by atoms with van der Waals surface area (Å²) in [4.78, 5) is 12.0. The lowest BCUT2D eigenvalue weighted by molar-refractivity contribution is 0.183. The van der Waals surface area contributed by atoms with E-state index in [1.54, 1.807) is 6.20 Å². The zero-order valence-electron chi connectivity index (χ0n) is 11.5. The molecule has 1 N–H and O–H groups in total. The van der Waals surface area contributed by atoms with Crippen LogP contribution in [0.15, 0.2) is 11.0 Å². The van der Waals surface area contributed by atoms with Crippen LogP contribution < -0.4 is 10.9 Å². The Labute approximate surface area is 117 Å². The summed E-state index contributed by atoms with van der Waals surface area (Å²) in [5.74, 6) is 0.448. The Morgan fingerprint density at radius 2 is 2.26 bits per heavy atom. The Hall–Kier alpha value is -1.07. The SMILES string of the molecule is CC(Nc1cnn(C(C)C)c(=O)c1Cl)C1CCOC1. The predicted molar refractivity (Wildman–Crippen MR) is 75.9 cm³/mol. The van der Waals surface area contributed by atoms with Gasteiger partial charge in [-0.05, 0) is 27.2 Å². The summed E-state index contributed by atoms with van der Waals surface area (Å²) in [6.07, 6.45) is 2.65. The van der Waals surface area contributed by atoms with Crippen LogP contribution in [0.4, 0.5) is 5.69 Å². The smallest absolute Gasteiger partial charge is 0.287 e. The Morgan fingerprint density at radius 3 is 2.84 bits per heavy atom. The molecule has 0 amide bonds. The monoisotopic (exact) mass is 285 g/mol. The maximum absolute atomic E-state index is 12.0. The van der Waals surface area contributed by atoms with Crippen LogP contribution in [0.3, 0.4) is 0 Å². The van der Waals surface area contributed by atoms with Crippen LogP contribution >= 0.6 is 11.6 Å². The van der Waals surface area contributed by atoms with E-state index in [4.69, 9.17) is 16.3 Å². The molecule has 1 aliphatic rings. The summed E-state index contributed by atoms with van der Waals surface area (Å²) >= 11 is 6.13. The van der Waals surface area contributed by atoms with Gasteiger partial charge in [0, 0.05) is 18.6 Å². The summed E-state index contributed by atoms with van der Waals surface area (Å²) < 4.78 is 6.75. The molecule has 1 aromatic rings. The quantitative estimate of drug-likeness (QED) is 0.922. The van der Waals surface area contributed by atoms with Gasteiger partial charge in [-0.3, -0.25) is 4.79 Å². The minimum Gasteiger partial charge on any atom is -0.381 e. The van der Waals surface area contributed by atoms with E-state index in [2.05, 4.69) is 17.3 Å². The normalized spacial score (nSPS) is 20.8. The van der Waals surface area contributed by atoms with Crippen molar-refractivity contribution in [3.05, 3.63) is 21.6 Å². The molecule has 0 radical (unpaired) electrons. The van der Waals surface area contributed by atoms with Crippen molar-refractivity contribution in [1.29, 1.82) is 0 Å². The summed E-state index contributed by atoms with van der Waals surface area (Å²) in [5.41, 5.74) is 0.347. The highest BCUT2D eigenvalue weighted by atomic mass is 35.5. The average Bonchev–Trinajstić information content (AvgIpc) is 2.88. The molecule has 19 heavy (non-hydrogen) atoms. The molecule has 0 saturated carbocycles. The standard InChI is InChI=1S/C13H20ClN3O2/c1-8(2)17-13(18)12(14)11(6-15-17)16-9(3)10-4-5-19-7-10/h6,8-10,16H,4-5,7H2,1-3H3. The zero-order valence-corrected chi connectivity index (χ0v) is 12.3. The molecule has 106 valence electrons. The van der Waals surface area contributed by atoms with Crippen LogP contribution in [0.1, 0.15) is 33.2 Å². The Balaban J connectivity index is 2.17. The first kappa shape index (κ1) is 14.3. The molecule has 2 atom stereocenters. The van der Waals surface area contributed by atoms with Gasteiger partial charge in [0.05, 0.1) is 24.5 Å². The number of hydrogen-bond acceptors (Lipinski definition) is 4. The lowest BCUT2D eigenvalue weighted by Crippen LogP contribution is -2.30. The van der Waals surface area contributed by atoms with Crippen LogP contribution in [0.25, 0.3) is 0 Å². The van der Waals surface area contributed by atoms with Gasteiger partial charge in [0.15, 0.2) is 0 Å². The van der Waals surface area contributed by atoms with Crippen molar-refractivity contribution >= 4 is 17.3 Å². The Morgan fingerprint density at radius 1 is 1.53 bits per heavy atom. The number of halogens is 1. The van der Waals surface area contributed by atoms with Gasteiger partial charge in [0.25, 0.3) is 5.56 Å². The molecule has 0 bridgehead atoms. The van der Waals surface area contributed by atoms with Gasteiger partial charge in [-0.15, -0.1) is 0 Å². The van der Waals surface area contributed by atoms with E-state index in [0.717, 1.165) is 19.6 Å². The van der Waals surface area contributed by atoms with E-state index < -0.39 is 0 Å². The molecule has 0 spiro atoms. The van der Waals surface area contributed by atoms with Crippen molar-refractivity contribution in [2.75, 3.05) is 18.5 Å². The van der Waals surface area contributed by atoms with E-state index in [-0.39, 0.29) is 22.7 Å². The molecule has 2 unspecified atom stereocenters. The molecule has 2 heterocycles. The first-order valence-corrected chi connectivity index (χ1v) is 7.00. The molecule has 1 aliphatic heterocycles. The van der Waals surface area contributed by atoms with Crippen LogP contribution in [-0.2, 0) is 4.74 Å². The van der Waals surface area contributed by atoms with Gasteiger partial charge in [-0.2, -0.15) is 5.10 Å². The molecule has 2 rings (SSSR count). The van der Waals surface area contributed by atoms with E-state index in [9.17, 15) is 4.79 Å². The summed E-state index contributed by atoms with van der Waals surface area (Å²) in [5, 5.41) is 7.62. The van der Waals surface area contributed by atoms with Crippen molar-refractivity contribution in [3.8, 4) is 0 Å². The first-order chi connectivity index (χ1) is 9.00. The number of anilines is 1. The number of aromatic nitrogens is 2. The van der Waals surface area contributed by atoms with Gasteiger partial charge >= 0.3 is 0 Å². The minimum atomic E-state index is -0.253. The van der Waals surface area contributed by atoms with E-state index in [0.29, 0.717) is 11.6 Å². The number of hydrogen-bond donors (Lipinski definition) is 1. The largest absolute Gasteiger partial charge is 0.381 e. The van der Waals surface area contributed by atoms with Gasteiger partial charge in [-0.1, -0.05) is 11.6 Å². The maximum atomic E-state index is 12.0. The number of ether oxygens (including phenoxy) is 1. The predicted octanol–water partition coefficient (Wildman–Crippen LogP) is 2.31. The molecule has 5 nitrogen and oxygen atoms in total. The molecular formula is C13H20ClN3O2. The molecule has 1 saturated heterocycles. The number of nitrogens with one attached hydrogen (secondary N) is 1. The van der Waals surface area contributed by atoms with Crippen LogP contribution in [-0.4, -0.2) is 29.0 Å². The highest BCUT2D eigenvalue weighted by Crippen LogP contribution is 2.23. The fourth-order valence-electron chi connectivity index (χ4n) is 2.22.